The summed E-state index contributed by atoms with van der Waals surface area (Å²) in [6, 6.07) is 13.1. The number of nitrogens with zero attached hydrogens (tertiary/aromatic N) is 4. The number of hydrogen-bond acceptors (Lipinski definition) is 5. The second-order valence-electron chi connectivity index (χ2n) is 7.25. The van der Waals surface area contributed by atoms with E-state index in [1.165, 1.54) is 35.0 Å². The number of nitrogens with one attached hydrogen (secondary N) is 1. The van der Waals surface area contributed by atoms with Crippen molar-refractivity contribution >= 4 is 17.2 Å². The van der Waals surface area contributed by atoms with E-state index in [2.05, 4.69) is 29.2 Å². The van der Waals surface area contributed by atoms with Crippen molar-refractivity contribution in [2.75, 3.05) is 5.32 Å². The molecular formula is C22H20FN5O3. The molecule has 0 unspecified atom stereocenters. The Morgan fingerprint density at radius 2 is 2.00 bits per heavy atom. The van der Waals surface area contributed by atoms with Gasteiger partial charge in [-0.05, 0) is 35.7 Å². The molecule has 1 amide bonds. The fourth-order valence-corrected chi connectivity index (χ4v) is 3.06. The summed E-state index contributed by atoms with van der Waals surface area (Å²) in [5.74, 6) is -0.307. The molecule has 1 N–H and O–H groups in total. The molecule has 8 nitrogen and oxygen atoms in total. The topological polar surface area (TPSA) is 90.5 Å². The first-order chi connectivity index (χ1) is 14.9. The summed E-state index contributed by atoms with van der Waals surface area (Å²) in [4.78, 5) is 29.2. The molecule has 31 heavy (non-hydrogen) atoms. The number of rotatable bonds is 6. The number of anilines is 1. The fourth-order valence-electron chi connectivity index (χ4n) is 3.06. The number of hydrogen-bond donors (Lipinski definition) is 1. The molecule has 2 aromatic heterocycles. The molecule has 4 aromatic rings. The van der Waals surface area contributed by atoms with Gasteiger partial charge in [-0.2, -0.15) is 0 Å². The van der Waals surface area contributed by atoms with E-state index < -0.39 is 17.4 Å². The summed E-state index contributed by atoms with van der Waals surface area (Å²) in [7, 11) is 0. The molecule has 2 heterocycles. The molecule has 0 fully saturated rings. The predicted octanol–water partition coefficient (Wildman–Crippen LogP) is 3.58. The summed E-state index contributed by atoms with van der Waals surface area (Å²) < 4.78 is 21.3. The van der Waals surface area contributed by atoms with E-state index in [9.17, 15) is 14.0 Å². The van der Waals surface area contributed by atoms with Crippen LogP contribution in [0.1, 0.15) is 25.3 Å². The molecule has 4 rings (SSSR count). The van der Waals surface area contributed by atoms with Gasteiger partial charge in [-0.15, -0.1) is 5.10 Å². The highest BCUT2D eigenvalue weighted by Gasteiger charge is 2.16. The summed E-state index contributed by atoms with van der Waals surface area (Å²) in [5, 5.41) is 6.96. The largest absolute Gasteiger partial charge is 0.436 e. The summed E-state index contributed by atoms with van der Waals surface area (Å²) >= 11 is 0. The molecule has 0 saturated heterocycles. The molecule has 0 spiro atoms. The SMILES string of the molecule is CC(C)c1cccc(NC(=O)Cn2nc3c(Oc4cccc(F)c4)nccn3c2=O)c1. The number of carbonyl (C=O) groups is 1. The van der Waals surface area contributed by atoms with Crippen LogP contribution in [0.2, 0.25) is 0 Å². The lowest BCUT2D eigenvalue weighted by Gasteiger charge is -2.09. The molecule has 0 atom stereocenters. The van der Waals surface area contributed by atoms with Gasteiger partial charge >= 0.3 is 5.69 Å². The maximum Gasteiger partial charge on any atom is 0.351 e. The number of ether oxygens (including phenoxy) is 1. The zero-order valence-corrected chi connectivity index (χ0v) is 16.9. The highest BCUT2D eigenvalue weighted by atomic mass is 19.1. The Hall–Kier alpha value is -4.01. The van der Waals surface area contributed by atoms with Crippen molar-refractivity contribution in [3.63, 3.8) is 0 Å². The minimum absolute atomic E-state index is 0.0222. The van der Waals surface area contributed by atoms with Crippen molar-refractivity contribution < 1.29 is 13.9 Å². The van der Waals surface area contributed by atoms with Gasteiger partial charge in [-0.25, -0.2) is 23.3 Å². The first-order valence-electron chi connectivity index (χ1n) is 9.68. The van der Waals surface area contributed by atoms with Gasteiger partial charge in [0.05, 0.1) is 0 Å². The molecule has 0 radical (unpaired) electrons. The van der Waals surface area contributed by atoms with E-state index in [1.54, 1.807) is 12.1 Å². The number of amides is 1. The van der Waals surface area contributed by atoms with E-state index in [-0.39, 0.29) is 23.8 Å². The third-order valence-corrected chi connectivity index (χ3v) is 4.61. The van der Waals surface area contributed by atoms with Crippen LogP contribution in [0.25, 0.3) is 5.65 Å². The first kappa shape index (κ1) is 20.3. The summed E-state index contributed by atoms with van der Waals surface area (Å²) in [6.45, 7) is 3.84. The Balaban J connectivity index is 1.57. The Kier molecular flexibility index (Phi) is 5.48. The Labute approximate surface area is 176 Å². The van der Waals surface area contributed by atoms with Crippen molar-refractivity contribution in [3.8, 4) is 11.6 Å². The lowest BCUT2D eigenvalue weighted by molar-refractivity contribution is -0.117. The van der Waals surface area contributed by atoms with Crippen LogP contribution >= 0.6 is 0 Å². The van der Waals surface area contributed by atoms with Gasteiger partial charge in [0.2, 0.25) is 11.6 Å². The van der Waals surface area contributed by atoms with Crippen LogP contribution in [0.5, 0.6) is 11.6 Å². The van der Waals surface area contributed by atoms with Crippen molar-refractivity contribution in [1.82, 2.24) is 19.2 Å². The summed E-state index contributed by atoms with van der Waals surface area (Å²) in [6.07, 6.45) is 2.79. The zero-order valence-electron chi connectivity index (χ0n) is 16.9. The second kappa shape index (κ2) is 8.39. The maximum absolute atomic E-state index is 13.4. The van der Waals surface area contributed by atoms with Crippen LogP contribution in [-0.2, 0) is 11.3 Å². The Morgan fingerprint density at radius 3 is 2.77 bits per heavy atom. The van der Waals surface area contributed by atoms with Crippen molar-refractivity contribution in [2.24, 2.45) is 0 Å². The second-order valence-corrected chi connectivity index (χ2v) is 7.25. The fraction of sp³-hybridized carbons (Fsp3) is 0.182. The molecule has 9 heteroatoms. The number of aromatic nitrogens is 4. The van der Waals surface area contributed by atoms with E-state index >= 15 is 0 Å². The predicted molar refractivity (Wildman–Crippen MR) is 113 cm³/mol. The van der Waals surface area contributed by atoms with E-state index in [0.29, 0.717) is 11.6 Å². The van der Waals surface area contributed by atoms with Crippen LogP contribution in [0, 0.1) is 5.82 Å². The standard InChI is InChI=1S/C22H20FN5O3/c1-14(2)15-5-3-7-17(11-15)25-19(29)13-28-22(30)27-10-9-24-21(20(27)26-28)31-18-8-4-6-16(23)12-18/h3-12,14H,13H2,1-2H3,(H,25,29). The third kappa shape index (κ3) is 4.45. The van der Waals surface area contributed by atoms with Crippen molar-refractivity contribution in [2.45, 2.75) is 26.3 Å². The smallest absolute Gasteiger partial charge is 0.351 e. The van der Waals surface area contributed by atoms with Crippen LogP contribution in [0.3, 0.4) is 0 Å². The third-order valence-electron chi connectivity index (χ3n) is 4.61. The number of benzene rings is 2. The van der Waals surface area contributed by atoms with Crippen LogP contribution in [0.4, 0.5) is 10.1 Å². The van der Waals surface area contributed by atoms with Gasteiger partial charge in [-0.1, -0.05) is 32.0 Å². The van der Waals surface area contributed by atoms with E-state index in [1.807, 2.05) is 18.2 Å². The van der Waals surface area contributed by atoms with Crippen LogP contribution in [-0.4, -0.2) is 25.1 Å². The van der Waals surface area contributed by atoms with Crippen LogP contribution in [0.15, 0.2) is 65.7 Å². The van der Waals surface area contributed by atoms with Gasteiger partial charge in [0, 0.05) is 24.1 Å². The maximum atomic E-state index is 13.4. The van der Waals surface area contributed by atoms with Gasteiger partial charge in [0.25, 0.3) is 5.88 Å². The van der Waals surface area contributed by atoms with E-state index in [4.69, 9.17) is 4.74 Å². The summed E-state index contributed by atoms with van der Waals surface area (Å²) in [5.41, 5.74) is 1.33. The number of halogens is 1. The lowest BCUT2D eigenvalue weighted by Crippen LogP contribution is -2.28. The average molecular weight is 421 g/mol. The quantitative estimate of drug-likeness (QED) is 0.514. The molecule has 0 bridgehead atoms. The molecule has 158 valence electrons. The van der Waals surface area contributed by atoms with Gasteiger partial charge in [0.1, 0.15) is 18.1 Å². The Bertz CT molecular complexity index is 1310. The number of fused-ring (bicyclic) bond motifs is 1. The zero-order chi connectivity index (χ0) is 22.0. The molecule has 2 aromatic carbocycles. The average Bonchev–Trinajstić information content (AvgIpc) is 3.05. The van der Waals surface area contributed by atoms with Crippen molar-refractivity contribution in [3.05, 3.63) is 82.8 Å². The van der Waals surface area contributed by atoms with Crippen LogP contribution < -0.4 is 15.7 Å². The van der Waals surface area contributed by atoms with Gasteiger partial charge in [-0.3, -0.25) is 4.79 Å². The molecule has 0 aliphatic rings. The molecular weight excluding hydrogens is 401 g/mol. The van der Waals surface area contributed by atoms with E-state index in [0.717, 1.165) is 10.2 Å². The molecule has 0 aliphatic heterocycles. The normalized spacial score (nSPS) is 11.1. The molecule has 0 saturated carbocycles. The Morgan fingerprint density at radius 1 is 1.19 bits per heavy atom. The lowest BCUT2D eigenvalue weighted by atomic mass is 10.0. The first-order valence-corrected chi connectivity index (χ1v) is 9.68. The highest BCUT2D eigenvalue weighted by molar-refractivity contribution is 5.90. The minimum atomic E-state index is -0.521. The van der Waals surface area contributed by atoms with Gasteiger partial charge < -0.3 is 10.1 Å². The monoisotopic (exact) mass is 421 g/mol. The molecule has 0 aliphatic carbocycles. The minimum Gasteiger partial charge on any atom is -0.436 e. The highest BCUT2D eigenvalue weighted by Crippen LogP contribution is 2.22. The number of carbonyl (C=O) groups excluding carboxylic acids is 1. The van der Waals surface area contributed by atoms with Crippen molar-refractivity contribution in [1.29, 1.82) is 0 Å². The van der Waals surface area contributed by atoms with Gasteiger partial charge in [0.15, 0.2) is 0 Å².